The minimum atomic E-state index is -1.36. The van der Waals surface area contributed by atoms with E-state index in [-0.39, 0.29) is 24.2 Å². The van der Waals surface area contributed by atoms with Crippen LogP contribution in [0.1, 0.15) is 54.1 Å². The molecule has 3 aromatic rings. The van der Waals surface area contributed by atoms with Crippen molar-refractivity contribution >= 4 is 28.3 Å². The van der Waals surface area contributed by atoms with Gasteiger partial charge in [-0.1, -0.05) is 0 Å². The molecule has 1 amide bonds. The number of thiazole rings is 1. The van der Waals surface area contributed by atoms with Crippen LogP contribution in [0, 0.1) is 5.82 Å². The topological polar surface area (TPSA) is 119 Å². The predicted octanol–water partition coefficient (Wildman–Crippen LogP) is 5.11. The van der Waals surface area contributed by atoms with Crippen LogP contribution in [0.5, 0.6) is 17.2 Å². The maximum Gasteiger partial charge on any atom is 0.338 e. The molecule has 11 heteroatoms. The van der Waals surface area contributed by atoms with Gasteiger partial charge in [0.25, 0.3) is 0 Å². The van der Waals surface area contributed by atoms with E-state index >= 15 is 0 Å². The molecule has 3 heterocycles. The second-order valence-electron chi connectivity index (χ2n) is 9.88. The number of carboxylic acid groups (broad SMARTS) is 1. The van der Waals surface area contributed by atoms with Gasteiger partial charge in [0.05, 0.1) is 11.7 Å². The van der Waals surface area contributed by atoms with Crippen molar-refractivity contribution in [2.75, 3.05) is 25.1 Å². The van der Waals surface area contributed by atoms with Gasteiger partial charge in [0, 0.05) is 42.8 Å². The van der Waals surface area contributed by atoms with Crippen LogP contribution in [0.3, 0.4) is 0 Å². The monoisotopic (exact) mass is 555 g/mol. The summed E-state index contributed by atoms with van der Waals surface area (Å²) in [4.78, 5) is 28.3. The van der Waals surface area contributed by atoms with Gasteiger partial charge in [-0.05, 0) is 68.0 Å². The Labute approximate surface area is 229 Å². The maximum absolute atomic E-state index is 14.4. The van der Waals surface area contributed by atoms with E-state index in [9.17, 15) is 19.1 Å². The number of carboxylic acids is 1. The summed E-state index contributed by atoms with van der Waals surface area (Å²) in [7, 11) is 0. The molecule has 5 rings (SSSR count). The summed E-state index contributed by atoms with van der Waals surface area (Å²) < 4.78 is 32.5. The second-order valence-corrected chi connectivity index (χ2v) is 10.8. The summed E-state index contributed by atoms with van der Waals surface area (Å²) >= 11 is 1.35. The molecule has 206 valence electrons. The summed E-state index contributed by atoms with van der Waals surface area (Å²) in [5.41, 5.74) is 0.720. The van der Waals surface area contributed by atoms with Crippen LogP contribution in [-0.2, 0) is 21.5 Å². The fourth-order valence-electron chi connectivity index (χ4n) is 4.99. The molecule has 0 unspecified atom stereocenters. The first-order valence-electron chi connectivity index (χ1n) is 12.9. The molecule has 1 aromatic heterocycles. The maximum atomic E-state index is 14.4. The summed E-state index contributed by atoms with van der Waals surface area (Å²) in [5, 5.41) is 17.8. The number of anilines is 1. The number of amides is 1. The van der Waals surface area contributed by atoms with Gasteiger partial charge in [0.2, 0.25) is 5.91 Å². The van der Waals surface area contributed by atoms with Crippen LogP contribution in [0.25, 0.3) is 0 Å². The van der Waals surface area contributed by atoms with E-state index in [0.717, 1.165) is 48.9 Å². The molecule has 0 radical (unpaired) electrons. The van der Waals surface area contributed by atoms with Crippen LogP contribution < -0.4 is 20.1 Å². The lowest BCUT2D eigenvalue weighted by Crippen LogP contribution is -2.47. The quantitative estimate of drug-likeness (QED) is 0.333. The molecule has 0 spiro atoms. The minimum absolute atomic E-state index is 0.0311. The Bertz CT molecular complexity index is 1350. The molecule has 2 aliphatic heterocycles. The number of aromatic nitrogens is 1. The number of halogens is 1. The summed E-state index contributed by atoms with van der Waals surface area (Å²) in [6, 6.07) is 7.33. The fourth-order valence-corrected chi connectivity index (χ4v) is 5.54. The normalized spacial score (nSPS) is 20.6. The zero-order chi connectivity index (χ0) is 27.4. The Balaban J connectivity index is 1.45. The van der Waals surface area contributed by atoms with Gasteiger partial charge in [-0.2, -0.15) is 0 Å². The first-order valence-corrected chi connectivity index (χ1v) is 13.8. The van der Waals surface area contributed by atoms with Gasteiger partial charge >= 0.3 is 5.97 Å². The van der Waals surface area contributed by atoms with Gasteiger partial charge in [-0.25, -0.2) is 14.2 Å². The third-order valence-electron chi connectivity index (χ3n) is 6.96. The van der Waals surface area contributed by atoms with Crippen molar-refractivity contribution in [1.82, 2.24) is 10.3 Å². The Morgan fingerprint density at radius 2 is 2.15 bits per heavy atom. The standard InChI is InChI=1S/C28H30FN3O6S/c1-28(15-25(33)32-27-30-9-11-39-27)21-14-24(38-18-5-6-20(26(34)35)22(29)13-18)23(12-17(21)7-8-31-28)37-16-19-4-2-3-10-36-19/h5-6,9,11-14,19,31H,2-4,7-8,10,15-16H2,1H3,(H,34,35)(H,30,32,33)/t19-,28+/m0/s1. The van der Waals surface area contributed by atoms with Crippen molar-refractivity contribution in [3.8, 4) is 17.2 Å². The van der Waals surface area contributed by atoms with Crippen molar-refractivity contribution in [2.24, 2.45) is 0 Å². The van der Waals surface area contributed by atoms with Gasteiger partial charge in [0.1, 0.15) is 18.2 Å². The van der Waals surface area contributed by atoms with Crippen molar-refractivity contribution in [1.29, 1.82) is 0 Å². The Morgan fingerprint density at radius 3 is 2.87 bits per heavy atom. The Morgan fingerprint density at radius 1 is 1.28 bits per heavy atom. The molecular formula is C28H30FN3O6S. The van der Waals surface area contributed by atoms with Crippen LogP contribution in [0.2, 0.25) is 0 Å². The lowest BCUT2D eigenvalue weighted by molar-refractivity contribution is -0.117. The van der Waals surface area contributed by atoms with Gasteiger partial charge in [0.15, 0.2) is 16.6 Å². The van der Waals surface area contributed by atoms with Crippen LogP contribution >= 0.6 is 11.3 Å². The van der Waals surface area contributed by atoms with Crippen LogP contribution in [-0.4, -0.2) is 47.8 Å². The smallest absolute Gasteiger partial charge is 0.338 e. The first-order chi connectivity index (χ1) is 18.8. The zero-order valence-corrected chi connectivity index (χ0v) is 22.3. The second kappa shape index (κ2) is 11.7. The van der Waals surface area contributed by atoms with Crippen molar-refractivity contribution in [3.63, 3.8) is 0 Å². The predicted molar refractivity (Wildman–Crippen MR) is 143 cm³/mol. The zero-order valence-electron chi connectivity index (χ0n) is 21.5. The molecule has 1 saturated heterocycles. The largest absolute Gasteiger partial charge is 0.487 e. The molecule has 0 saturated carbocycles. The number of rotatable bonds is 9. The number of nitrogens with one attached hydrogen (secondary N) is 2. The average molecular weight is 556 g/mol. The summed E-state index contributed by atoms with van der Waals surface area (Å²) in [5.74, 6) is -1.51. The molecular weight excluding hydrogens is 525 g/mol. The average Bonchev–Trinajstić information content (AvgIpc) is 3.41. The highest BCUT2D eigenvalue weighted by molar-refractivity contribution is 7.13. The number of benzene rings is 2. The molecule has 0 bridgehead atoms. The van der Waals surface area contributed by atoms with E-state index in [0.29, 0.717) is 36.4 Å². The van der Waals surface area contributed by atoms with Crippen molar-refractivity contribution < 1.29 is 33.3 Å². The minimum Gasteiger partial charge on any atom is -0.487 e. The highest BCUT2D eigenvalue weighted by Crippen LogP contribution is 2.41. The SMILES string of the molecule is C[C@]1(CC(=O)Nc2nccs2)NCCc2cc(OC[C@@H]3CCCCO3)c(Oc3ccc(C(=O)O)c(F)c3)cc21. The highest BCUT2D eigenvalue weighted by atomic mass is 32.1. The van der Waals surface area contributed by atoms with Gasteiger partial charge < -0.3 is 30.0 Å². The Kier molecular flexibility index (Phi) is 8.10. The van der Waals surface area contributed by atoms with Crippen molar-refractivity contribution in [3.05, 3.63) is 64.4 Å². The first kappa shape index (κ1) is 27.0. The number of aromatic carboxylic acids is 1. The molecule has 2 aromatic carbocycles. The number of hydrogen-bond acceptors (Lipinski definition) is 8. The number of ether oxygens (including phenoxy) is 3. The van der Waals surface area contributed by atoms with E-state index in [1.54, 1.807) is 11.6 Å². The third-order valence-corrected chi connectivity index (χ3v) is 7.65. The third kappa shape index (κ3) is 6.38. The van der Waals surface area contributed by atoms with Gasteiger partial charge in [-0.15, -0.1) is 11.3 Å². The molecule has 0 aliphatic carbocycles. The lowest BCUT2D eigenvalue weighted by Gasteiger charge is -2.37. The molecule has 3 N–H and O–H groups in total. The molecule has 1 fully saturated rings. The number of carbonyl (C=O) groups excluding carboxylic acids is 1. The van der Waals surface area contributed by atoms with E-state index < -0.39 is 22.9 Å². The number of nitrogens with zero attached hydrogens (tertiary/aromatic N) is 1. The fraction of sp³-hybridized carbons (Fsp3) is 0.393. The Hall–Kier alpha value is -3.54. The van der Waals surface area contributed by atoms with E-state index in [2.05, 4.69) is 15.6 Å². The van der Waals surface area contributed by atoms with E-state index in [4.69, 9.17) is 14.2 Å². The molecule has 2 aliphatic rings. The number of carbonyl (C=O) groups is 2. The molecule has 39 heavy (non-hydrogen) atoms. The lowest BCUT2D eigenvalue weighted by atomic mass is 9.81. The molecule has 9 nitrogen and oxygen atoms in total. The number of fused-ring (bicyclic) bond motifs is 1. The van der Waals surface area contributed by atoms with Crippen molar-refractivity contribution in [2.45, 2.75) is 50.7 Å². The van der Waals surface area contributed by atoms with E-state index in [1.807, 2.05) is 19.1 Å². The van der Waals surface area contributed by atoms with Crippen LogP contribution in [0.4, 0.5) is 9.52 Å². The van der Waals surface area contributed by atoms with Gasteiger partial charge in [-0.3, -0.25) is 4.79 Å². The number of hydrogen-bond donors (Lipinski definition) is 3. The van der Waals surface area contributed by atoms with E-state index in [1.165, 1.54) is 17.4 Å². The molecule has 2 atom stereocenters. The summed E-state index contributed by atoms with van der Waals surface area (Å²) in [6.07, 6.45) is 5.48. The summed E-state index contributed by atoms with van der Waals surface area (Å²) in [6.45, 7) is 3.66. The van der Waals surface area contributed by atoms with Crippen LogP contribution in [0.15, 0.2) is 41.9 Å². The highest BCUT2D eigenvalue weighted by Gasteiger charge is 2.35.